The molecular formula is C11H19IN2O3. The molecule has 17 heavy (non-hydrogen) atoms. The van der Waals surface area contributed by atoms with Gasteiger partial charge in [-0.05, 0) is 36.1 Å². The zero-order valence-corrected chi connectivity index (χ0v) is 12.5. The van der Waals surface area contributed by atoms with E-state index < -0.39 is 6.04 Å². The summed E-state index contributed by atoms with van der Waals surface area (Å²) in [6.07, 6.45) is 0.789. The number of rotatable bonds is 8. The summed E-state index contributed by atoms with van der Waals surface area (Å²) in [7, 11) is 1.66. The Hall–Kier alpha value is -0.500. The normalized spacial score (nSPS) is 12.3. The molecule has 98 valence electrons. The Morgan fingerprint density at radius 2 is 1.82 bits per heavy atom. The summed E-state index contributed by atoms with van der Waals surface area (Å²) >= 11 is 1.70. The van der Waals surface area contributed by atoms with Gasteiger partial charge in [0.2, 0.25) is 5.91 Å². The highest BCUT2D eigenvalue weighted by Gasteiger charge is 2.18. The molecule has 0 aromatic rings. The molecule has 5 nitrogen and oxygen atoms in total. The quantitative estimate of drug-likeness (QED) is 0.496. The van der Waals surface area contributed by atoms with Gasteiger partial charge in [0.25, 0.3) is 0 Å². The Labute approximate surface area is 115 Å². The standard InChI is InChI=1S/C11H19IN2O3/c1-7(2)9(15)6-14-11(17)8(13-3)4-5-10(12)16/h7-8,13H,4-6H2,1-3H3,(H,14,17). The fraction of sp³-hybridized carbons (Fsp3) is 0.727. The fourth-order valence-electron chi connectivity index (χ4n) is 1.17. The van der Waals surface area contributed by atoms with Gasteiger partial charge in [-0.25, -0.2) is 0 Å². The molecular weight excluding hydrogens is 335 g/mol. The van der Waals surface area contributed by atoms with Gasteiger partial charge in [-0.2, -0.15) is 0 Å². The SMILES string of the molecule is CNC(CCC(=O)I)C(=O)NCC(=O)C(C)C. The topological polar surface area (TPSA) is 75.3 Å². The zero-order valence-electron chi connectivity index (χ0n) is 10.4. The van der Waals surface area contributed by atoms with Gasteiger partial charge in [0.05, 0.1) is 12.6 Å². The molecule has 1 atom stereocenters. The van der Waals surface area contributed by atoms with E-state index in [0.29, 0.717) is 12.8 Å². The van der Waals surface area contributed by atoms with Crippen LogP contribution in [0.3, 0.4) is 0 Å². The maximum Gasteiger partial charge on any atom is 0.237 e. The third kappa shape index (κ3) is 7.43. The highest BCUT2D eigenvalue weighted by molar-refractivity contribution is 14.1. The highest BCUT2D eigenvalue weighted by Crippen LogP contribution is 2.02. The first kappa shape index (κ1) is 16.5. The smallest absolute Gasteiger partial charge is 0.237 e. The van der Waals surface area contributed by atoms with E-state index in [1.165, 1.54) is 0 Å². The van der Waals surface area contributed by atoms with Gasteiger partial charge in [-0.3, -0.25) is 14.4 Å². The molecule has 0 aromatic heterocycles. The summed E-state index contributed by atoms with van der Waals surface area (Å²) in [5.74, 6) is -0.323. The monoisotopic (exact) mass is 354 g/mol. The molecule has 0 rings (SSSR count). The second kappa shape index (κ2) is 8.57. The van der Waals surface area contributed by atoms with Crippen molar-refractivity contribution in [2.45, 2.75) is 32.7 Å². The van der Waals surface area contributed by atoms with Crippen molar-refractivity contribution in [2.75, 3.05) is 13.6 Å². The van der Waals surface area contributed by atoms with Crippen LogP contribution < -0.4 is 10.6 Å². The van der Waals surface area contributed by atoms with E-state index in [-0.39, 0.29) is 27.9 Å². The highest BCUT2D eigenvalue weighted by atomic mass is 127. The van der Waals surface area contributed by atoms with Crippen molar-refractivity contribution >= 4 is 38.1 Å². The van der Waals surface area contributed by atoms with Crippen molar-refractivity contribution in [1.29, 1.82) is 0 Å². The lowest BCUT2D eigenvalue weighted by atomic mass is 10.1. The van der Waals surface area contributed by atoms with E-state index in [9.17, 15) is 14.4 Å². The molecule has 6 heteroatoms. The Morgan fingerprint density at radius 3 is 2.24 bits per heavy atom. The number of nitrogens with one attached hydrogen (secondary N) is 2. The first-order valence-electron chi connectivity index (χ1n) is 5.54. The predicted molar refractivity (Wildman–Crippen MR) is 74.0 cm³/mol. The molecule has 0 saturated heterocycles. The Morgan fingerprint density at radius 1 is 1.24 bits per heavy atom. The van der Waals surface area contributed by atoms with Crippen molar-refractivity contribution in [2.24, 2.45) is 5.92 Å². The van der Waals surface area contributed by atoms with Crippen molar-refractivity contribution in [3.63, 3.8) is 0 Å². The maximum absolute atomic E-state index is 11.7. The average Bonchev–Trinajstić information content (AvgIpc) is 2.25. The molecule has 1 amide bonds. The molecule has 0 heterocycles. The van der Waals surface area contributed by atoms with E-state index in [2.05, 4.69) is 10.6 Å². The Balaban J connectivity index is 4.08. The summed E-state index contributed by atoms with van der Waals surface area (Å²) < 4.78 is 0.0221. The molecule has 0 aliphatic rings. The van der Waals surface area contributed by atoms with Gasteiger partial charge < -0.3 is 10.6 Å². The fourth-order valence-corrected chi connectivity index (χ4v) is 1.48. The van der Waals surface area contributed by atoms with Crippen LogP contribution in [0.1, 0.15) is 26.7 Å². The summed E-state index contributed by atoms with van der Waals surface area (Å²) in [6.45, 7) is 3.63. The zero-order chi connectivity index (χ0) is 13.4. The molecule has 0 bridgehead atoms. The molecule has 0 radical (unpaired) electrons. The largest absolute Gasteiger partial charge is 0.348 e. The molecule has 0 aliphatic heterocycles. The number of Topliss-reactive ketones (excluding diaryl/α,β-unsaturated/α-hetero) is 1. The molecule has 0 aliphatic carbocycles. The number of likely N-dealkylation sites (N-methyl/N-ethyl adjacent to an activating group) is 1. The van der Waals surface area contributed by atoms with Crippen LogP contribution in [-0.2, 0) is 14.4 Å². The van der Waals surface area contributed by atoms with Crippen LogP contribution in [0.25, 0.3) is 0 Å². The van der Waals surface area contributed by atoms with Crippen LogP contribution in [0.5, 0.6) is 0 Å². The third-order valence-electron chi connectivity index (χ3n) is 2.38. The summed E-state index contributed by atoms with van der Waals surface area (Å²) in [5, 5.41) is 5.41. The number of carbonyl (C=O) groups excluding carboxylic acids is 3. The first-order valence-corrected chi connectivity index (χ1v) is 6.62. The van der Waals surface area contributed by atoms with Crippen LogP contribution >= 0.6 is 22.6 Å². The minimum atomic E-state index is -0.423. The van der Waals surface area contributed by atoms with Gasteiger partial charge >= 0.3 is 0 Å². The van der Waals surface area contributed by atoms with Crippen molar-refractivity contribution in [3.8, 4) is 0 Å². The number of amides is 1. The Kier molecular flexibility index (Phi) is 8.32. The molecule has 2 N–H and O–H groups in total. The second-order valence-corrected chi connectivity index (χ2v) is 5.28. The van der Waals surface area contributed by atoms with Gasteiger partial charge in [-0.15, -0.1) is 0 Å². The first-order chi connectivity index (χ1) is 7.88. The molecule has 0 saturated carbocycles. The minimum absolute atomic E-state index is 0.00169. The number of hydrogen-bond acceptors (Lipinski definition) is 4. The van der Waals surface area contributed by atoms with Gasteiger partial charge in [0, 0.05) is 12.3 Å². The van der Waals surface area contributed by atoms with E-state index in [0.717, 1.165) is 0 Å². The number of carbonyl (C=O) groups is 3. The van der Waals surface area contributed by atoms with Gasteiger partial charge in [-0.1, -0.05) is 13.8 Å². The second-order valence-electron chi connectivity index (χ2n) is 4.07. The van der Waals surface area contributed by atoms with Crippen LogP contribution in [0.4, 0.5) is 0 Å². The van der Waals surface area contributed by atoms with Gasteiger partial charge in [0.15, 0.2) is 9.57 Å². The van der Waals surface area contributed by atoms with Crippen molar-refractivity contribution in [1.82, 2.24) is 10.6 Å². The lowest BCUT2D eigenvalue weighted by molar-refractivity contribution is -0.127. The van der Waals surface area contributed by atoms with E-state index in [1.807, 2.05) is 0 Å². The van der Waals surface area contributed by atoms with E-state index >= 15 is 0 Å². The maximum atomic E-state index is 11.7. The summed E-state index contributed by atoms with van der Waals surface area (Å²) in [5.41, 5.74) is 0. The van der Waals surface area contributed by atoms with E-state index in [4.69, 9.17) is 0 Å². The van der Waals surface area contributed by atoms with Crippen molar-refractivity contribution in [3.05, 3.63) is 0 Å². The molecule has 0 aromatic carbocycles. The van der Waals surface area contributed by atoms with Gasteiger partial charge in [0.1, 0.15) is 0 Å². The number of halogens is 1. The van der Waals surface area contributed by atoms with Crippen LogP contribution in [0, 0.1) is 5.92 Å². The molecule has 0 spiro atoms. The summed E-state index contributed by atoms with van der Waals surface area (Å²) in [6, 6.07) is -0.423. The lowest BCUT2D eigenvalue weighted by Crippen LogP contribution is -2.44. The molecule has 1 unspecified atom stereocenters. The summed E-state index contributed by atoms with van der Waals surface area (Å²) in [4.78, 5) is 33.8. The average molecular weight is 354 g/mol. The lowest BCUT2D eigenvalue weighted by Gasteiger charge is -2.15. The van der Waals surface area contributed by atoms with Crippen LogP contribution in [0.2, 0.25) is 0 Å². The van der Waals surface area contributed by atoms with Crippen LogP contribution in [0.15, 0.2) is 0 Å². The van der Waals surface area contributed by atoms with Crippen molar-refractivity contribution < 1.29 is 14.4 Å². The van der Waals surface area contributed by atoms with Crippen LogP contribution in [-0.4, -0.2) is 35.1 Å². The molecule has 0 fully saturated rings. The Bertz CT molecular complexity index is 292. The van der Waals surface area contributed by atoms with E-state index in [1.54, 1.807) is 43.5 Å². The minimum Gasteiger partial charge on any atom is -0.348 e. The predicted octanol–water partition coefficient (Wildman–Crippen LogP) is 0.657. The third-order valence-corrected chi connectivity index (χ3v) is 2.91. The number of ketones is 1. The number of hydrogen-bond donors (Lipinski definition) is 2.